The van der Waals surface area contributed by atoms with Crippen LogP contribution in [0.5, 0.6) is 0 Å². The number of aryl methyl sites for hydroxylation is 1. The molecule has 2 rings (SSSR count). The molecule has 2 N–H and O–H groups in total. The summed E-state index contributed by atoms with van der Waals surface area (Å²) in [6.07, 6.45) is 1.18. The van der Waals surface area contributed by atoms with E-state index in [1.165, 1.54) is 23.4 Å². The van der Waals surface area contributed by atoms with Gasteiger partial charge in [-0.3, -0.25) is 0 Å². The zero-order chi connectivity index (χ0) is 13.0. The molecule has 1 fully saturated rings. The summed E-state index contributed by atoms with van der Waals surface area (Å²) in [5.41, 5.74) is 7.40. The van der Waals surface area contributed by atoms with E-state index in [-0.39, 0.29) is 0 Å². The number of nitrogens with zero attached hydrogens (tertiary/aromatic N) is 1. The van der Waals surface area contributed by atoms with E-state index in [0.717, 1.165) is 24.8 Å². The number of hydrogen-bond acceptors (Lipinski definition) is 3. The van der Waals surface area contributed by atoms with E-state index in [9.17, 15) is 0 Å². The Kier molecular flexibility index (Phi) is 5.10. The fourth-order valence-electron chi connectivity index (χ4n) is 2.62. The number of thioether (sulfide) groups is 1. The molecule has 1 aromatic rings. The maximum atomic E-state index is 6.07. The Balaban J connectivity index is 1.73. The standard InChI is InChI=1S/C15H24N2S/c1-12-3-5-15(6-4-12)18-8-7-17-10-13(2)9-14(16)11-17/h3-6,13-14H,7-11,16H2,1-2H3. The first kappa shape index (κ1) is 13.9. The van der Waals surface area contributed by atoms with Crippen LogP contribution in [-0.2, 0) is 0 Å². The van der Waals surface area contributed by atoms with Gasteiger partial charge in [-0.1, -0.05) is 24.6 Å². The van der Waals surface area contributed by atoms with Gasteiger partial charge in [0.25, 0.3) is 0 Å². The molecule has 1 heterocycles. The lowest BCUT2D eigenvalue weighted by atomic mass is 9.97. The van der Waals surface area contributed by atoms with Gasteiger partial charge in [-0.15, -0.1) is 11.8 Å². The van der Waals surface area contributed by atoms with Crippen molar-refractivity contribution in [3.63, 3.8) is 0 Å². The molecule has 2 atom stereocenters. The molecule has 100 valence electrons. The Hall–Kier alpha value is -0.510. The van der Waals surface area contributed by atoms with Crippen molar-refractivity contribution in [2.45, 2.75) is 31.2 Å². The smallest absolute Gasteiger partial charge is 0.0170 e. The van der Waals surface area contributed by atoms with Gasteiger partial charge in [0, 0.05) is 36.3 Å². The summed E-state index contributed by atoms with van der Waals surface area (Å²) < 4.78 is 0. The maximum absolute atomic E-state index is 6.07. The topological polar surface area (TPSA) is 29.3 Å². The van der Waals surface area contributed by atoms with Crippen molar-refractivity contribution < 1.29 is 0 Å². The van der Waals surface area contributed by atoms with Gasteiger partial charge < -0.3 is 10.6 Å². The molecule has 0 bridgehead atoms. The summed E-state index contributed by atoms with van der Waals surface area (Å²) in [6, 6.07) is 9.16. The van der Waals surface area contributed by atoms with Crippen LogP contribution in [0, 0.1) is 12.8 Å². The highest BCUT2D eigenvalue weighted by atomic mass is 32.2. The van der Waals surface area contributed by atoms with E-state index in [2.05, 4.69) is 43.0 Å². The molecule has 1 saturated heterocycles. The van der Waals surface area contributed by atoms with Crippen LogP contribution >= 0.6 is 11.8 Å². The lowest BCUT2D eigenvalue weighted by Gasteiger charge is -2.34. The van der Waals surface area contributed by atoms with Crippen LogP contribution < -0.4 is 5.73 Å². The van der Waals surface area contributed by atoms with Crippen LogP contribution in [0.25, 0.3) is 0 Å². The van der Waals surface area contributed by atoms with Crippen molar-refractivity contribution in [1.82, 2.24) is 4.90 Å². The average Bonchev–Trinajstić information content (AvgIpc) is 2.30. The Morgan fingerprint density at radius 1 is 1.28 bits per heavy atom. The monoisotopic (exact) mass is 264 g/mol. The van der Waals surface area contributed by atoms with E-state index in [0.29, 0.717) is 6.04 Å². The molecule has 0 aromatic heterocycles. The second-order valence-electron chi connectivity index (χ2n) is 5.52. The normalized spacial score (nSPS) is 25.3. The number of likely N-dealkylation sites (tertiary alicyclic amines) is 1. The quantitative estimate of drug-likeness (QED) is 0.848. The summed E-state index contributed by atoms with van der Waals surface area (Å²) in [6.45, 7) is 7.86. The molecule has 1 aromatic carbocycles. The van der Waals surface area contributed by atoms with Crippen molar-refractivity contribution in [1.29, 1.82) is 0 Å². The van der Waals surface area contributed by atoms with E-state index in [1.807, 2.05) is 11.8 Å². The zero-order valence-electron chi connectivity index (χ0n) is 11.4. The molecular weight excluding hydrogens is 240 g/mol. The Bertz CT molecular complexity index is 353. The molecule has 0 saturated carbocycles. The predicted molar refractivity (Wildman–Crippen MR) is 80.1 cm³/mol. The average molecular weight is 264 g/mol. The molecule has 18 heavy (non-hydrogen) atoms. The fourth-order valence-corrected chi connectivity index (χ4v) is 3.54. The summed E-state index contributed by atoms with van der Waals surface area (Å²) in [5.74, 6) is 1.90. The number of benzene rings is 1. The first-order chi connectivity index (χ1) is 8.63. The lowest BCUT2D eigenvalue weighted by molar-refractivity contribution is 0.174. The third-order valence-corrected chi connectivity index (χ3v) is 4.46. The largest absolute Gasteiger partial charge is 0.327 e. The summed E-state index contributed by atoms with van der Waals surface area (Å²) in [7, 11) is 0. The second-order valence-corrected chi connectivity index (χ2v) is 6.69. The van der Waals surface area contributed by atoms with Gasteiger partial charge in [0.05, 0.1) is 0 Å². The van der Waals surface area contributed by atoms with Gasteiger partial charge in [-0.2, -0.15) is 0 Å². The minimum atomic E-state index is 0.373. The van der Waals surface area contributed by atoms with Crippen molar-refractivity contribution in [3.8, 4) is 0 Å². The van der Waals surface area contributed by atoms with Crippen molar-refractivity contribution in [2.24, 2.45) is 11.7 Å². The van der Waals surface area contributed by atoms with Crippen molar-refractivity contribution in [3.05, 3.63) is 29.8 Å². The summed E-state index contributed by atoms with van der Waals surface area (Å²) in [5, 5.41) is 0. The highest BCUT2D eigenvalue weighted by molar-refractivity contribution is 7.99. The second kappa shape index (κ2) is 6.60. The minimum absolute atomic E-state index is 0.373. The molecule has 3 heteroatoms. The zero-order valence-corrected chi connectivity index (χ0v) is 12.2. The van der Waals surface area contributed by atoms with Gasteiger partial charge in [0.2, 0.25) is 0 Å². The van der Waals surface area contributed by atoms with E-state index in [4.69, 9.17) is 5.73 Å². The van der Waals surface area contributed by atoms with Gasteiger partial charge in [-0.05, 0) is 31.4 Å². The number of nitrogens with two attached hydrogens (primary N) is 1. The van der Waals surface area contributed by atoms with Crippen LogP contribution in [-0.4, -0.2) is 36.3 Å². The fraction of sp³-hybridized carbons (Fsp3) is 0.600. The van der Waals surface area contributed by atoms with Crippen LogP contribution in [0.3, 0.4) is 0 Å². The molecule has 0 spiro atoms. The van der Waals surface area contributed by atoms with E-state index >= 15 is 0 Å². The van der Waals surface area contributed by atoms with Gasteiger partial charge >= 0.3 is 0 Å². The third-order valence-electron chi connectivity index (χ3n) is 3.46. The molecule has 2 nitrogen and oxygen atoms in total. The number of piperidine rings is 1. The molecule has 1 aliphatic rings. The lowest BCUT2D eigenvalue weighted by Crippen LogP contribution is -2.46. The Morgan fingerprint density at radius 3 is 2.67 bits per heavy atom. The Morgan fingerprint density at radius 2 is 2.00 bits per heavy atom. The SMILES string of the molecule is Cc1ccc(SCCN2CC(C)CC(N)C2)cc1. The van der Waals surface area contributed by atoms with Crippen LogP contribution in [0.15, 0.2) is 29.2 Å². The third kappa shape index (κ3) is 4.30. The van der Waals surface area contributed by atoms with Crippen LogP contribution in [0.4, 0.5) is 0 Å². The summed E-state index contributed by atoms with van der Waals surface area (Å²) in [4.78, 5) is 3.88. The molecule has 2 unspecified atom stereocenters. The first-order valence-electron chi connectivity index (χ1n) is 6.81. The van der Waals surface area contributed by atoms with Crippen molar-refractivity contribution >= 4 is 11.8 Å². The summed E-state index contributed by atoms with van der Waals surface area (Å²) >= 11 is 1.94. The van der Waals surface area contributed by atoms with E-state index < -0.39 is 0 Å². The Labute approximate surface area is 115 Å². The van der Waals surface area contributed by atoms with Gasteiger partial charge in [-0.25, -0.2) is 0 Å². The number of hydrogen-bond donors (Lipinski definition) is 1. The highest BCUT2D eigenvalue weighted by Crippen LogP contribution is 2.20. The van der Waals surface area contributed by atoms with Crippen LogP contribution in [0.2, 0.25) is 0 Å². The van der Waals surface area contributed by atoms with E-state index in [1.54, 1.807) is 0 Å². The molecule has 0 amide bonds. The predicted octanol–water partition coefficient (Wildman–Crippen LogP) is 2.76. The molecule has 0 radical (unpaired) electrons. The van der Waals surface area contributed by atoms with Gasteiger partial charge in [0.1, 0.15) is 0 Å². The first-order valence-corrected chi connectivity index (χ1v) is 7.79. The maximum Gasteiger partial charge on any atom is 0.0170 e. The molecule has 0 aliphatic carbocycles. The van der Waals surface area contributed by atoms with Crippen molar-refractivity contribution in [2.75, 3.05) is 25.4 Å². The van der Waals surface area contributed by atoms with Gasteiger partial charge in [0.15, 0.2) is 0 Å². The minimum Gasteiger partial charge on any atom is -0.327 e. The number of rotatable bonds is 4. The molecular formula is C15H24N2S. The highest BCUT2D eigenvalue weighted by Gasteiger charge is 2.21. The molecule has 1 aliphatic heterocycles. The van der Waals surface area contributed by atoms with Crippen LogP contribution in [0.1, 0.15) is 18.9 Å².